The Balaban J connectivity index is 1.56. The van der Waals surface area contributed by atoms with Gasteiger partial charge in [0.2, 0.25) is 5.88 Å². The van der Waals surface area contributed by atoms with Gasteiger partial charge >= 0.3 is 32.1 Å². The zero-order valence-corrected chi connectivity index (χ0v) is 39.8. The van der Waals surface area contributed by atoms with Gasteiger partial charge in [0.1, 0.15) is 18.5 Å². The first kappa shape index (κ1) is 48.6. The molecule has 2 fully saturated rings. The number of rotatable bonds is 22. The summed E-state index contributed by atoms with van der Waals surface area (Å²) in [5.74, 6) is -0.803. The van der Waals surface area contributed by atoms with Crippen molar-refractivity contribution in [2.75, 3.05) is 19.8 Å². The molecule has 0 bridgehead atoms. The zero-order chi connectivity index (χ0) is 44.0. The molecular weight excluding hydrogens is 875 g/mol. The van der Waals surface area contributed by atoms with Crippen molar-refractivity contribution in [3.63, 3.8) is 0 Å². The van der Waals surface area contributed by atoms with Crippen LogP contribution in [0.1, 0.15) is 87.1 Å². The van der Waals surface area contributed by atoms with Crippen molar-refractivity contribution >= 4 is 55.1 Å². The fourth-order valence-corrected chi connectivity index (χ4v) is 20.8. The van der Waals surface area contributed by atoms with Crippen molar-refractivity contribution in [1.29, 1.82) is 5.26 Å². The number of aliphatic hydroxyl groups excluding tert-OH is 1. The number of aromatic amines is 1. The van der Waals surface area contributed by atoms with E-state index in [1.54, 1.807) is 6.07 Å². The highest BCUT2D eigenvalue weighted by Gasteiger charge is 2.59. The molecule has 2 aliphatic carbocycles. The van der Waals surface area contributed by atoms with Crippen LogP contribution in [0, 0.1) is 23.2 Å². The molecule has 0 amide bonds. The molecule has 3 heterocycles. The second kappa shape index (κ2) is 20.9. The van der Waals surface area contributed by atoms with Crippen molar-refractivity contribution < 1.29 is 50.7 Å². The number of nitrogens with one attached hydrogen (secondary N) is 1. The predicted octanol–water partition coefficient (Wildman–Crippen LogP) is 4.96. The smallest absolute Gasteiger partial charge is 0.335 e. The van der Waals surface area contributed by atoms with Crippen LogP contribution in [0.15, 0.2) is 29.7 Å². The first-order valence-corrected chi connectivity index (χ1v) is 27.9. The van der Waals surface area contributed by atoms with Crippen LogP contribution in [-0.4, -0.2) is 111 Å². The highest BCUT2D eigenvalue weighted by molar-refractivity contribution is 8.07. The molecule has 25 heteroatoms. The third-order valence-corrected chi connectivity index (χ3v) is 23.9. The molecule has 20 nitrogen and oxygen atoms in total. The summed E-state index contributed by atoms with van der Waals surface area (Å²) < 4.78 is 58.9. The Bertz CT molecular complexity index is 2030. The first-order chi connectivity index (χ1) is 28.4. The lowest BCUT2D eigenvalue weighted by molar-refractivity contribution is -0.0139. The van der Waals surface area contributed by atoms with Gasteiger partial charge in [0.25, 0.3) is 5.56 Å². The summed E-state index contributed by atoms with van der Waals surface area (Å²) in [7, 11) is -10.3. The Morgan fingerprint density at radius 1 is 1.05 bits per heavy atom. The summed E-state index contributed by atoms with van der Waals surface area (Å²) in [4.78, 5) is 49.8. The first-order valence-electron chi connectivity index (χ1n) is 20.1. The van der Waals surface area contributed by atoms with E-state index in [1.807, 2.05) is 61.5 Å². The van der Waals surface area contributed by atoms with Gasteiger partial charge in [-0.15, -0.1) is 5.10 Å². The van der Waals surface area contributed by atoms with Gasteiger partial charge in [-0.1, -0.05) is 60.6 Å². The Morgan fingerprint density at radius 3 is 2.37 bits per heavy atom. The van der Waals surface area contributed by atoms with Gasteiger partial charge in [-0.05, 0) is 46.8 Å². The van der Waals surface area contributed by atoms with Gasteiger partial charge < -0.3 is 51.2 Å². The molecule has 5 rings (SSSR count). The van der Waals surface area contributed by atoms with Crippen LogP contribution in [0.4, 0.5) is 0 Å². The monoisotopic (exact) mass is 932 g/mol. The normalized spacial score (nSPS) is 25.4. The van der Waals surface area contributed by atoms with Gasteiger partial charge in [0, 0.05) is 37.1 Å². The van der Waals surface area contributed by atoms with E-state index in [2.05, 4.69) is 30.2 Å². The second-order valence-corrected chi connectivity index (χ2v) is 28.8. The van der Waals surface area contributed by atoms with Crippen LogP contribution in [0.25, 0.3) is 11.2 Å². The molecule has 2 saturated carbocycles. The maximum atomic E-state index is 12.8. The Kier molecular flexibility index (Phi) is 16.9. The van der Waals surface area contributed by atoms with Crippen molar-refractivity contribution in [3.8, 4) is 11.9 Å². The summed E-state index contributed by atoms with van der Waals surface area (Å²) in [5.41, 5.74) is -1.11. The summed E-state index contributed by atoms with van der Waals surface area (Å²) >= 11 is 6.13. The number of fused-ring (bicyclic) bond motifs is 1. The van der Waals surface area contributed by atoms with E-state index >= 15 is 0 Å². The number of aliphatic hydroxyl groups is 1. The lowest BCUT2D eigenvalue weighted by Crippen LogP contribution is -2.62. The van der Waals surface area contributed by atoms with Crippen molar-refractivity contribution in [2.45, 2.75) is 134 Å². The summed E-state index contributed by atoms with van der Waals surface area (Å²) in [6.45, 7) is 11.2. The number of ether oxygens (including phenoxy) is 1. The molecule has 60 heavy (non-hydrogen) atoms. The fraction of sp³-hybridized carbons (Fsp3) is 0.743. The molecule has 2 aliphatic rings. The molecule has 4 N–H and O–H groups in total. The largest absolute Gasteiger partial charge is 0.474 e. The summed E-state index contributed by atoms with van der Waals surface area (Å²) in [6.07, 6.45) is 1.59. The molecule has 1 unspecified atom stereocenters. The highest BCUT2D eigenvalue weighted by atomic mass is 32.5. The van der Waals surface area contributed by atoms with E-state index in [-0.39, 0.29) is 72.4 Å². The van der Waals surface area contributed by atoms with Gasteiger partial charge in [0.05, 0.1) is 50.3 Å². The van der Waals surface area contributed by atoms with Crippen LogP contribution in [0.3, 0.4) is 0 Å². The molecule has 9 atom stereocenters. The van der Waals surface area contributed by atoms with Gasteiger partial charge in [-0.2, -0.15) is 5.26 Å². The molecular formula is C35H58N8O12P2SSi2. The standard InChI is InChI=1S/C35H58N8O12P2SSi2/c1-21(2)59(48,22(3)4)55-60(23(5)6,24(7)8)54-32-25(17-44)15-28(43-34-31(41-42-43)35(45)40-20-39-34)33(32)53-57(58,49-13-9-11-36)50-18-26-14-27(16-29(26)52-56(46)47)51-30-10-12-37-19-38-30/h10,12,19-29,32-33,44,48,56H,9,13-18H2,1-8H3,(H,46,47)(H,39,40,45)/t25-,26-,27-,28-,29+,32-,33+,57+/m1/s1. The van der Waals surface area contributed by atoms with Crippen LogP contribution in [-0.2, 0) is 43.0 Å². The minimum Gasteiger partial charge on any atom is -0.474 e. The Morgan fingerprint density at radius 2 is 1.77 bits per heavy atom. The number of hydrogen-bond acceptors (Lipinski definition) is 18. The van der Waals surface area contributed by atoms with E-state index < -0.39 is 79.9 Å². The second-order valence-electron chi connectivity index (χ2n) is 16.5. The summed E-state index contributed by atoms with van der Waals surface area (Å²) in [6, 6.07) is 2.84. The number of nitriles is 1. The lowest BCUT2D eigenvalue weighted by Gasteiger charge is -2.48. The topological polar surface area (TPSA) is 268 Å². The van der Waals surface area contributed by atoms with E-state index in [0.29, 0.717) is 12.3 Å². The van der Waals surface area contributed by atoms with Crippen molar-refractivity contribution in [2.24, 2.45) is 11.8 Å². The van der Waals surface area contributed by atoms with Crippen LogP contribution >= 0.6 is 15.0 Å². The number of nitrogens with zero attached hydrogens (tertiary/aromatic N) is 7. The zero-order valence-electron chi connectivity index (χ0n) is 35.1. The minimum atomic E-state index is -3.91. The van der Waals surface area contributed by atoms with Gasteiger partial charge in [0.15, 0.2) is 11.2 Å². The fourth-order valence-electron chi connectivity index (χ4n) is 8.08. The number of hydrogen-bond donors (Lipinski definition) is 4. The van der Waals surface area contributed by atoms with Crippen molar-refractivity contribution in [1.82, 2.24) is 34.9 Å². The number of aromatic nitrogens is 7. The Labute approximate surface area is 357 Å². The molecule has 0 spiro atoms. The number of H-pyrrole nitrogens is 1. The predicted molar refractivity (Wildman–Crippen MR) is 227 cm³/mol. The third-order valence-electron chi connectivity index (χ3n) is 11.3. The van der Waals surface area contributed by atoms with Gasteiger partial charge in [-0.25, -0.2) is 19.6 Å². The lowest BCUT2D eigenvalue weighted by atomic mass is 10.1. The molecule has 0 aromatic carbocycles. The maximum Gasteiger partial charge on any atom is 0.335 e. The summed E-state index contributed by atoms with van der Waals surface area (Å²) in [5, 5.41) is 29.0. The van der Waals surface area contributed by atoms with Gasteiger partial charge in [-0.3, -0.25) is 9.36 Å². The molecule has 334 valence electrons. The molecule has 3 aromatic rings. The Hall–Kier alpha value is -2.40. The average molecular weight is 933 g/mol. The molecule has 0 saturated heterocycles. The van der Waals surface area contributed by atoms with Crippen molar-refractivity contribution in [3.05, 3.63) is 35.3 Å². The van der Waals surface area contributed by atoms with E-state index in [1.165, 1.54) is 23.5 Å². The van der Waals surface area contributed by atoms with E-state index in [0.717, 1.165) is 0 Å². The minimum absolute atomic E-state index is 0.0161. The third kappa shape index (κ3) is 11.0. The molecule has 3 aromatic heterocycles. The van der Waals surface area contributed by atoms with Crippen LogP contribution in [0.2, 0.25) is 22.2 Å². The SMILES string of the molecule is CC(C)[Si](O)(O[Si](O[C@@H]1[C@@H](CO)C[C@@H](n2nnc3c(=O)[nH]cnc32)[C@@H]1O[P@](=S)(OCCC#N)OC[C@H]1C[C@@H](Oc2ccncn2)C[C@@H]1O[PH](=O)O)(C(C)C)C(C)C)C(C)C. The molecule has 0 radical (unpaired) electrons. The molecule has 0 aliphatic heterocycles. The van der Waals surface area contributed by atoms with E-state index in [9.17, 15) is 29.4 Å². The average Bonchev–Trinajstić information content (AvgIpc) is 3.88. The quantitative estimate of drug-likeness (QED) is 0.0589. The van der Waals surface area contributed by atoms with Crippen LogP contribution in [0.5, 0.6) is 5.88 Å². The highest BCUT2D eigenvalue weighted by Crippen LogP contribution is 2.57. The van der Waals surface area contributed by atoms with Crippen LogP contribution < -0.4 is 10.3 Å². The van der Waals surface area contributed by atoms with E-state index in [4.69, 9.17) is 43.2 Å². The maximum absolute atomic E-state index is 12.8.